The van der Waals surface area contributed by atoms with Crippen LogP contribution in [0.25, 0.3) is 6.08 Å². The molecule has 0 aliphatic carbocycles. The number of rotatable bonds is 7. The van der Waals surface area contributed by atoms with Crippen LogP contribution in [0.15, 0.2) is 30.3 Å². The minimum absolute atomic E-state index is 0.00807. The van der Waals surface area contributed by atoms with Crippen LogP contribution in [-0.4, -0.2) is 34.1 Å². The zero-order chi connectivity index (χ0) is 15.8. The molecule has 0 aliphatic heterocycles. The van der Waals surface area contributed by atoms with Crippen LogP contribution < -0.4 is 11.1 Å². The van der Waals surface area contributed by atoms with Crippen molar-refractivity contribution in [1.82, 2.24) is 0 Å². The second-order valence-electron chi connectivity index (χ2n) is 4.33. The van der Waals surface area contributed by atoms with Gasteiger partial charge in [-0.15, -0.1) is 0 Å². The number of carbonyl (C=O) groups excluding carboxylic acids is 1. The maximum atomic E-state index is 11.6. The molecular weight excluding hydrogens is 276 g/mol. The SMILES string of the molecule is N[C@@H](CCC(=O)Nc1ccc(C=CC(=O)O)cc1)C(=O)O. The Kier molecular flexibility index (Phi) is 6.09. The van der Waals surface area contributed by atoms with Crippen LogP contribution in [0.1, 0.15) is 18.4 Å². The molecule has 0 heterocycles. The highest BCUT2D eigenvalue weighted by Crippen LogP contribution is 2.11. The first-order valence-electron chi connectivity index (χ1n) is 6.18. The van der Waals surface area contributed by atoms with Gasteiger partial charge in [-0.2, -0.15) is 0 Å². The Morgan fingerprint density at radius 2 is 1.81 bits per heavy atom. The first-order valence-corrected chi connectivity index (χ1v) is 6.18. The zero-order valence-electron chi connectivity index (χ0n) is 11.2. The summed E-state index contributed by atoms with van der Waals surface area (Å²) in [6, 6.07) is 5.49. The molecule has 112 valence electrons. The largest absolute Gasteiger partial charge is 0.480 e. The second-order valence-corrected chi connectivity index (χ2v) is 4.33. The van der Waals surface area contributed by atoms with Crippen LogP contribution in [0.3, 0.4) is 0 Å². The molecule has 0 saturated carbocycles. The molecule has 0 radical (unpaired) electrons. The van der Waals surface area contributed by atoms with Crippen LogP contribution >= 0.6 is 0 Å². The summed E-state index contributed by atoms with van der Waals surface area (Å²) in [5, 5.41) is 19.7. The van der Waals surface area contributed by atoms with E-state index >= 15 is 0 Å². The Balaban J connectivity index is 2.50. The third-order valence-electron chi connectivity index (χ3n) is 2.61. The van der Waals surface area contributed by atoms with Crippen molar-refractivity contribution in [1.29, 1.82) is 0 Å². The molecule has 7 nitrogen and oxygen atoms in total. The standard InChI is InChI=1S/C14H16N2O5/c15-11(14(20)21)6-7-12(17)16-10-4-1-9(2-5-10)3-8-13(18)19/h1-5,8,11H,6-7,15H2,(H,16,17)(H,18,19)(H,20,21)/t11-/m0/s1. The number of nitrogens with one attached hydrogen (secondary N) is 1. The predicted molar refractivity (Wildman–Crippen MR) is 76.6 cm³/mol. The summed E-state index contributed by atoms with van der Waals surface area (Å²) >= 11 is 0. The average Bonchev–Trinajstić information content (AvgIpc) is 2.43. The molecule has 1 atom stereocenters. The van der Waals surface area contributed by atoms with Gasteiger partial charge in [0.25, 0.3) is 0 Å². The fraction of sp³-hybridized carbons (Fsp3) is 0.214. The van der Waals surface area contributed by atoms with Crippen molar-refractivity contribution in [3.05, 3.63) is 35.9 Å². The van der Waals surface area contributed by atoms with Gasteiger partial charge in [0.15, 0.2) is 0 Å². The van der Waals surface area contributed by atoms with E-state index < -0.39 is 18.0 Å². The number of benzene rings is 1. The highest BCUT2D eigenvalue weighted by atomic mass is 16.4. The quantitative estimate of drug-likeness (QED) is 0.553. The number of carboxylic acids is 2. The molecule has 5 N–H and O–H groups in total. The molecule has 0 bridgehead atoms. The molecule has 0 saturated heterocycles. The van der Waals surface area contributed by atoms with Gasteiger partial charge in [0, 0.05) is 18.2 Å². The topological polar surface area (TPSA) is 130 Å². The first kappa shape index (κ1) is 16.4. The summed E-state index contributed by atoms with van der Waals surface area (Å²) < 4.78 is 0. The van der Waals surface area contributed by atoms with Gasteiger partial charge in [0.2, 0.25) is 5.91 Å². The Morgan fingerprint density at radius 3 is 2.33 bits per heavy atom. The van der Waals surface area contributed by atoms with E-state index in [4.69, 9.17) is 15.9 Å². The maximum absolute atomic E-state index is 11.6. The Hall–Kier alpha value is -2.67. The molecule has 1 aromatic carbocycles. The monoisotopic (exact) mass is 292 g/mol. The van der Waals surface area contributed by atoms with Crippen molar-refractivity contribution in [2.24, 2.45) is 5.73 Å². The third kappa shape index (κ3) is 6.35. The molecule has 1 amide bonds. The van der Waals surface area contributed by atoms with Crippen molar-refractivity contribution in [3.63, 3.8) is 0 Å². The van der Waals surface area contributed by atoms with Crippen LogP contribution in [0, 0.1) is 0 Å². The lowest BCUT2D eigenvalue weighted by Crippen LogP contribution is -2.31. The minimum atomic E-state index is -1.14. The van der Waals surface area contributed by atoms with Crippen LogP contribution in [0.5, 0.6) is 0 Å². The van der Waals surface area contributed by atoms with Crippen molar-refractivity contribution in [2.75, 3.05) is 5.32 Å². The maximum Gasteiger partial charge on any atom is 0.328 e. The molecule has 0 unspecified atom stereocenters. The minimum Gasteiger partial charge on any atom is -0.480 e. The summed E-state index contributed by atoms with van der Waals surface area (Å²) in [6.07, 6.45) is 2.51. The molecule has 0 aromatic heterocycles. The van der Waals surface area contributed by atoms with E-state index in [1.54, 1.807) is 24.3 Å². The fourth-order valence-electron chi connectivity index (χ4n) is 1.48. The average molecular weight is 292 g/mol. The number of hydrogen-bond acceptors (Lipinski definition) is 4. The lowest BCUT2D eigenvalue weighted by Gasteiger charge is -2.07. The number of amides is 1. The van der Waals surface area contributed by atoms with Gasteiger partial charge < -0.3 is 21.3 Å². The fourth-order valence-corrected chi connectivity index (χ4v) is 1.48. The molecule has 21 heavy (non-hydrogen) atoms. The number of anilines is 1. The lowest BCUT2D eigenvalue weighted by atomic mass is 10.1. The molecular formula is C14H16N2O5. The molecule has 0 spiro atoms. The zero-order valence-corrected chi connectivity index (χ0v) is 11.2. The van der Waals surface area contributed by atoms with Crippen LogP contribution in [-0.2, 0) is 14.4 Å². The van der Waals surface area contributed by atoms with E-state index in [0.29, 0.717) is 11.3 Å². The summed E-state index contributed by atoms with van der Waals surface area (Å²) in [5.41, 5.74) is 6.52. The van der Waals surface area contributed by atoms with Gasteiger partial charge in [-0.1, -0.05) is 12.1 Å². The number of carboxylic acid groups (broad SMARTS) is 2. The lowest BCUT2D eigenvalue weighted by molar-refractivity contribution is -0.138. The van der Waals surface area contributed by atoms with E-state index in [1.807, 2.05) is 0 Å². The molecule has 1 rings (SSSR count). The van der Waals surface area contributed by atoms with Gasteiger partial charge >= 0.3 is 11.9 Å². The molecule has 0 fully saturated rings. The van der Waals surface area contributed by atoms with Gasteiger partial charge in [0.05, 0.1) is 0 Å². The summed E-state index contributed by atoms with van der Waals surface area (Å²) in [5.74, 6) is -2.51. The Morgan fingerprint density at radius 1 is 1.19 bits per heavy atom. The van der Waals surface area contributed by atoms with Gasteiger partial charge in [-0.3, -0.25) is 9.59 Å². The second kappa shape index (κ2) is 7.81. The van der Waals surface area contributed by atoms with E-state index in [0.717, 1.165) is 6.08 Å². The van der Waals surface area contributed by atoms with Crippen molar-refractivity contribution >= 4 is 29.6 Å². The number of nitrogens with two attached hydrogens (primary N) is 1. The molecule has 7 heteroatoms. The van der Waals surface area contributed by atoms with E-state index in [-0.39, 0.29) is 18.7 Å². The number of hydrogen-bond donors (Lipinski definition) is 4. The summed E-state index contributed by atoms with van der Waals surface area (Å²) in [6.45, 7) is 0. The van der Waals surface area contributed by atoms with Gasteiger partial charge in [0.1, 0.15) is 6.04 Å². The van der Waals surface area contributed by atoms with Crippen molar-refractivity contribution < 1.29 is 24.6 Å². The molecule has 1 aromatic rings. The number of carbonyl (C=O) groups is 3. The third-order valence-corrected chi connectivity index (χ3v) is 2.61. The Labute approximate surface area is 121 Å². The molecule has 0 aliphatic rings. The normalized spacial score (nSPS) is 12.0. The van der Waals surface area contributed by atoms with Crippen molar-refractivity contribution in [2.45, 2.75) is 18.9 Å². The predicted octanol–water partition coefficient (Wildman–Crippen LogP) is 0.915. The van der Waals surface area contributed by atoms with Gasteiger partial charge in [-0.25, -0.2) is 4.79 Å². The van der Waals surface area contributed by atoms with E-state index in [9.17, 15) is 14.4 Å². The summed E-state index contributed by atoms with van der Waals surface area (Å²) in [4.78, 5) is 32.5. The van der Waals surface area contributed by atoms with E-state index in [2.05, 4.69) is 5.32 Å². The Bertz CT molecular complexity index is 551. The summed E-state index contributed by atoms with van der Waals surface area (Å²) in [7, 11) is 0. The van der Waals surface area contributed by atoms with Crippen LogP contribution in [0.4, 0.5) is 5.69 Å². The van der Waals surface area contributed by atoms with E-state index in [1.165, 1.54) is 6.08 Å². The first-order chi connectivity index (χ1) is 9.88. The highest BCUT2D eigenvalue weighted by molar-refractivity contribution is 5.91. The number of aliphatic carboxylic acids is 2. The van der Waals surface area contributed by atoms with Crippen molar-refractivity contribution in [3.8, 4) is 0 Å². The smallest absolute Gasteiger partial charge is 0.328 e. The van der Waals surface area contributed by atoms with Gasteiger partial charge in [-0.05, 0) is 30.2 Å². The highest BCUT2D eigenvalue weighted by Gasteiger charge is 2.13. The van der Waals surface area contributed by atoms with Crippen LogP contribution in [0.2, 0.25) is 0 Å².